The van der Waals surface area contributed by atoms with Crippen LogP contribution < -0.4 is 5.32 Å². The van der Waals surface area contributed by atoms with Crippen LogP contribution in [0.3, 0.4) is 0 Å². The Morgan fingerprint density at radius 2 is 2.16 bits per heavy atom. The van der Waals surface area contributed by atoms with Crippen molar-refractivity contribution in [2.45, 2.75) is 38.8 Å². The van der Waals surface area contributed by atoms with Crippen molar-refractivity contribution in [3.05, 3.63) is 30.0 Å². The Morgan fingerprint density at radius 3 is 2.72 bits per heavy atom. The number of piperidine rings is 1. The maximum Gasteiger partial charge on any atom is 0.243 e. The summed E-state index contributed by atoms with van der Waals surface area (Å²) in [5, 5.41) is 17.1. The van der Waals surface area contributed by atoms with E-state index in [9.17, 15) is 9.90 Å². The first-order valence-electron chi connectivity index (χ1n) is 8.59. The van der Waals surface area contributed by atoms with Crippen LogP contribution in [0, 0.1) is 12.8 Å². The normalized spacial score (nSPS) is 18.9. The van der Waals surface area contributed by atoms with Crippen LogP contribution in [0.25, 0.3) is 0 Å². The number of rotatable bonds is 5. The minimum Gasteiger partial charge on any atom is -0.385 e. The maximum atomic E-state index is 12.4. The van der Waals surface area contributed by atoms with Crippen molar-refractivity contribution >= 4 is 11.8 Å². The van der Waals surface area contributed by atoms with Crippen molar-refractivity contribution in [2.75, 3.05) is 18.4 Å². The highest BCUT2D eigenvalue weighted by Crippen LogP contribution is 2.30. The van der Waals surface area contributed by atoms with E-state index >= 15 is 0 Å². The lowest BCUT2D eigenvalue weighted by atomic mass is 9.90. The van der Waals surface area contributed by atoms with Gasteiger partial charge in [0.15, 0.2) is 0 Å². The predicted octanol–water partition coefficient (Wildman–Crippen LogP) is 1.49. The molecule has 1 aliphatic heterocycles. The van der Waals surface area contributed by atoms with Crippen LogP contribution in [0.2, 0.25) is 0 Å². The van der Waals surface area contributed by atoms with Crippen molar-refractivity contribution in [2.24, 2.45) is 13.0 Å². The van der Waals surface area contributed by atoms with Crippen molar-refractivity contribution in [1.29, 1.82) is 0 Å². The fraction of sp³-hybridized carbons (Fsp3) is 0.588. The van der Waals surface area contributed by atoms with E-state index in [1.807, 2.05) is 24.7 Å². The Labute approximate surface area is 146 Å². The molecular formula is C17H25N5O3. The number of imidazole rings is 1. The molecule has 2 aromatic heterocycles. The van der Waals surface area contributed by atoms with Gasteiger partial charge in [0.25, 0.3) is 0 Å². The standard InChI is InChI=1S/C17H25N5O3/c1-11-10-14(25-20-11)19-17(24)12(2)22-7-4-13(5-8-22)15(23)16-18-6-9-21(16)3/h6,9-10,12-13,15,23H,4-5,7-8H2,1-3H3,(H,19,24). The number of nitrogens with zero attached hydrogens (tertiary/aromatic N) is 4. The van der Waals surface area contributed by atoms with Crippen LogP contribution in [-0.4, -0.2) is 49.8 Å². The molecule has 1 amide bonds. The summed E-state index contributed by atoms with van der Waals surface area (Å²) in [6.07, 6.45) is 4.62. The average Bonchev–Trinajstić information content (AvgIpc) is 3.21. The zero-order chi connectivity index (χ0) is 18.0. The molecule has 136 valence electrons. The molecule has 8 nitrogen and oxygen atoms in total. The van der Waals surface area contributed by atoms with Crippen LogP contribution in [0.1, 0.15) is 37.4 Å². The fourth-order valence-electron chi connectivity index (χ4n) is 3.31. The number of carbonyl (C=O) groups is 1. The highest BCUT2D eigenvalue weighted by Gasteiger charge is 2.31. The summed E-state index contributed by atoms with van der Waals surface area (Å²) < 4.78 is 6.88. The lowest BCUT2D eigenvalue weighted by Gasteiger charge is -2.36. The van der Waals surface area contributed by atoms with Gasteiger partial charge in [0.05, 0.1) is 11.7 Å². The van der Waals surface area contributed by atoms with Gasteiger partial charge in [-0.25, -0.2) is 4.98 Å². The summed E-state index contributed by atoms with van der Waals surface area (Å²) >= 11 is 0. The molecule has 0 spiro atoms. The molecule has 3 heterocycles. The number of carbonyl (C=O) groups excluding carboxylic acids is 1. The molecule has 0 saturated carbocycles. The van der Waals surface area contributed by atoms with E-state index in [2.05, 4.69) is 20.4 Å². The van der Waals surface area contributed by atoms with Crippen molar-refractivity contribution in [1.82, 2.24) is 19.6 Å². The molecule has 2 unspecified atom stereocenters. The first kappa shape index (κ1) is 17.6. The second-order valence-electron chi connectivity index (χ2n) is 6.71. The fourth-order valence-corrected chi connectivity index (χ4v) is 3.31. The number of nitrogens with one attached hydrogen (secondary N) is 1. The maximum absolute atomic E-state index is 12.4. The second kappa shape index (κ2) is 7.37. The van der Waals surface area contributed by atoms with Crippen molar-refractivity contribution in [3.8, 4) is 0 Å². The van der Waals surface area contributed by atoms with E-state index in [0.29, 0.717) is 11.7 Å². The van der Waals surface area contributed by atoms with Crippen LogP contribution in [0.5, 0.6) is 0 Å². The lowest BCUT2D eigenvalue weighted by Crippen LogP contribution is -2.46. The number of aliphatic hydroxyl groups is 1. The molecule has 0 aliphatic carbocycles. The quantitative estimate of drug-likeness (QED) is 0.851. The summed E-state index contributed by atoms with van der Waals surface area (Å²) in [5.74, 6) is 1.11. The molecule has 2 aromatic rings. The summed E-state index contributed by atoms with van der Waals surface area (Å²) in [6.45, 7) is 5.21. The number of anilines is 1. The monoisotopic (exact) mass is 347 g/mol. The van der Waals surface area contributed by atoms with Gasteiger partial charge in [-0.05, 0) is 45.7 Å². The largest absolute Gasteiger partial charge is 0.385 e. The Morgan fingerprint density at radius 1 is 1.44 bits per heavy atom. The Balaban J connectivity index is 1.52. The molecule has 3 rings (SSSR count). The van der Waals surface area contributed by atoms with E-state index in [4.69, 9.17) is 4.52 Å². The zero-order valence-corrected chi connectivity index (χ0v) is 14.8. The molecule has 1 aliphatic rings. The first-order chi connectivity index (χ1) is 12.0. The molecule has 1 fully saturated rings. The van der Waals surface area contributed by atoms with Gasteiger partial charge < -0.3 is 14.2 Å². The molecule has 0 bridgehead atoms. The Kier molecular flexibility index (Phi) is 5.19. The van der Waals surface area contributed by atoms with Gasteiger partial charge in [0, 0.05) is 25.5 Å². The third kappa shape index (κ3) is 3.91. The van der Waals surface area contributed by atoms with Crippen molar-refractivity contribution in [3.63, 3.8) is 0 Å². The number of hydrogen-bond acceptors (Lipinski definition) is 6. The van der Waals surface area contributed by atoms with Crippen molar-refractivity contribution < 1.29 is 14.4 Å². The molecule has 2 atom stereocenters. The summed E-state index contributed by atoms with van der Waals surface area (Å²) in [7, 11) is 1.89. The van der Waals surface area contributed by atoms with E-state index in [0.717, 1.165) is 31.6 Å². The van der Waals surface area contributed by atoms with E-state index in [1.54, 1.807) is 19.2 Å². The number of aliphatic hydroxyl groups excluding tert-OH is 1. The summed E-state index contributed by atoms with van der Waals surface area (Å²) in [5.41, 5.74) is 0.729. The zero-order valence-electron chi connectivity index (χ0n) is 14.8. The third-order valence-electron chi connectivity index (χ3n) is 4.95. The van der Waals surface area contributed by atoms with E-state index < -0.39 is 6.10 Å². The van der Waals surface area contributed by atoms with Gasteiger partial charge >= 0.3 is 0 Å². The minimum atomic E-state index is -0.566. The van der Waals surface area contributed by atoms with Gasteiger partial charge in [0.1, 0.15) is 11.9 Å². The topological polar surface area (TPSA) is 96.4 Å². The van der Waals surface area contributed by atoms with Gasteiger partial charge in [-0.2, -0.15) is 0 Å². The predicted molar refractivity (Wildman–Crippen MR) is 91.8 cm³/mol. The van der Waals surface area contributed by atoms with Gasteiger partial charge in [0.2, 0.25) is 11.8 Å². The second-order valence-corrected chi connectivity index (χ2v) is 6.71. The van der Waals surface area contributed by atoms with E-state index in [-0.39, 0.29) is 17.9 Å². The number of aryl methyl sites for hydroxylation is 2. The first-order valence-corrected chi connectivity index (χ1v) is 8.59. The average molecular weight is 347 g/mol. The Bertz CT molecular complexity index is 717. The van der Waals surface area contributed by atoms with Gasteiger partial charge in [-0.3, -0.25) is 15.0 Å². The van der Waals surface area contributed by atoms with Crippen LogP contribution >= 0.6 is 0 Å². The summed E-state index contributed by atoms with van der Waals surface area (Å²) in [4.78, 5) is 18.7. The SMILES string of the molecule is Cc1cc(NC(=O)C(C)N2CCC(C(O)c3nccn3C)CC2)on1. The minimum absolute atomic E-state index is 0.112. The van der Waals surface area contributed by atoms with Gasteiger partial charge in [-0.15, -0.1) is 0 Å². The Hall–Kier alpha value is -2.19. The summed E-state index contributed by atoms with van der Waals surface area (Å²) in [6, 6.07) is 1.43. The number of hydrogen-bond donors (Lipinski definition) is 2. The highest BCUT2D eigenvalue weighted by molar-refractivity contribution is 5.93. The van der Waals surface area contributed by atoms with E-state index in [1.165, 1.54) is 0 Å². The van der Waals surface area contributed by atoms with Crippen LogP contribution in [0.15, 0.2) is 23.0 Å². The number of amides is 1. The molecule has 0 radical (unpaired) electrons. The third-order valence-corrected chi connectivity index (χ3v) is 4.95. The molecule has 8 heteroatoms. The number of likely N-dealkylation sites (tertiary alicyclic amines) is 1. The smallest absolute Gasteiger partial charge is 0.243 e. The number of aromatic nitrogens is 3. The lowest BCUT2D eigenvalue weighted by molar-refractivity contribution is -0.121. The van der Waals surface area contributed by atoms with Crippen LogP contribution in [-0.2, 0) is 11.8 Å². The van der Waals surface area contributed by atoms with Gasteiger partial charge in [-0.1, -0.05) is 5.16 Å². The molecular weight excluding hydrogens is 322 g/mol. The molecule has 25 heavy (non-hydrogen) atoms. The molecule has 0 aromatic carbocycles. The van der Waals surface area contributed by atoms with Crippen LogP contribution in [0.4, 0.5) is 5.88 Å². The molecule has 2 N–H and O–H groups in total. The highest BCUT2D eigenvalue weighted by atomic mass is 16.5. The molecule has 1 saturated heterocycles.